The molecule has 1 N–H and O–H groups in total. The van der Waals surface area contributed by atoms with Crippen molar-refractivity contribution in [2.45, 2.75) is 46.1 Å². The SMILES string of the molecule is Cc1cccc(CCC(=O)NC(C)(C)C)c1. The van der Waals surface area contributed by atoms with E-state index in [4.69, 9.17) is 0 Å². The smallest absolute Gasteiger partial charge is 0.220 e. The lowest BCUT2D eigenvalue weighted by Gasteiger charge is -2.20. The van der Waals surface area contributed by atoms with E-state index < -0.39 is 0 Å². The van der Waals surface area contributed by atoms with E-state index in [1.54, 1.807) is 0 Å². The van der Waals surface area contributed by atoms with E-state index in [1.165, 1.54) is 11.1 Å². The largest absolute Gasteiger partial charge is 0.351 e. The quantitative estimate of drug-likeness (QED) is 0.832. The molecule has 0 aliphatic carbocycles. The molecule has 0 aliphatic rings. The van der Waals surface area contributed by atoms with Crippen LogP contribution in [0.15, 0.2) is 24.3 Å². The Morgan fingerprint density at radius 2 is 2.00 bits per heavy atom. The Balaban J connectivity index is 2.43. The van der Waals surface area contributed by atoms with Crippen molar-refractivity contribution in [1.29, 1.82) is 0 Å². The maximum atomic E-state index is 11.6. The lowest BCUT2D eigenvalue weighted by Crippen LogP contribution is -2.40. The maximum Gasteiger partial charge on any atom is 0.220 e. The van der Waals surface area contributed by atoms with Gasteiger partial charge in [-0.3, -0.25) is 4.79 Å². The summed E-state index contributed by atoms with van der Waals surface area (Å²) in [5.41, 5.74) is 2.33. The number of carbonyl (C=O) groups excluding carboxylic acids is 1. The van der Waals surface area contributed by atoms with Crippen molar-refractivity contribution in [3.8, 4) is 0 Å². The molecule has 0 saturated carbocycles. The monoisotopic (exact) mass is 219 g/mol. The Morgan fingerprint density at radius 1 is 1.31 bits per heavy atom. The van der Waals surface area contributed by atoms with Gasteiger partial charge in [-0.2, -0.15) is 0 Å². The molecular weight excluding hydrogens is 198 g/mol. The second-order valence-corrected chi connectivity index (χ2v) is 5.29. The molecule has 1 rings (SSSR count). The predicted molar refractivity (Wildman–Crippen MR) is 67.4 cm³/mol. The van der Waals surface area contributed by atoms with Crippen LogP contribution in [0.1, 0.15) is 38.3 Å². The summed E-state index contributed by atoms with van der Waals surface area (Å²) in [6.07, 6.45) is 1.37. The van der Waals surface area contributed by atoms with E-state index in [2.05, 4.69) is 30.4 Å². The average Bonchev–Trinajstić information content (AvgIpc) is 2.12. The highest BCUT2D eigenvalue weighted by Gasteiger charge is 2.13. The van der Waals surface area contributed by atoms with Crippen molar-refractivity contribution in [3.05, 3.63) is 35.4 Å². The molecule has 2 nitrogen and oxygen atoms in total. The van der Waals surface area contributed by atoms with Gasteiger partial charge in [0.05, 0.1) is 0 Å². The van der Waals surface area contributed by atoms with Crippen molar-refractivity contribution in [2.24, 2.45) is 0 Å². The number of nitrogens with one attached hydrogen (secondary N) is 1. The van der Waals surface area contributed by atoms with Crippen molar-refractivity contribution < 1.29 is 4.79 Å². The third kappa shape index (κ3) is 4.96. The first-order valence-corrected chi connectivity index (χ1v) is 5.73. The first-order valence-electron chi connectivity index (χ1n) is 5.73. The number of aryl methyl sites for hydroxylation is 2. The summed E-state index contributed by atoms with van der Waals surface area (Å²) < 4.78 is 0. The van der Waals surface area contributed by atoms with E-state index >= 15 is 0 Å². The van der Waals surface area contributed by atoms with Crippen LogP contribution in [0.25, 0.3) is 0 Å². The number of amides is 1. The molecule has 1 amide bonds. The standard InChI is InChI=1S/C14H21NO/c1-11-6-5-7-12(10-11)8-9-13(16)15-14(2,3)4/h5-7,10H,8-9H2,1-4H3,(H,15,16). The zero-order valence-electron chi connectivity index (χ0n) is 10.6. The van der Waals surface area contributed by atoms with Gasteiger partial charge in [-0.15, -0.1) is 0 Å². The lowest BCUT2D eigenvalue weighted by molar-refractivity contribution is -0.122. The summed E-state index contributed by atoms with van der Waals surface area (Å²) in [5, 5.41) is 2.97. The second kappa shape index (κ2) is 5.15. The molecule has 88 valence electrons. The van der Waals surface area contributed by atoms with E-state index in [-0.39, 0.29) is 11.4 Å². The fraction of sp³-hybridized carbons (Fsp3) is 0.500. The summed E-state index contributed by atoms with van der Waals surface area (Å²) in [6.45, 7) is 8.06. The number of rotatable bonds is 3. The Kier molecular flexibility index (Phi) is 4.11. The van der Waals surface area contributed by atoms with Crippen molar-refractivity contribution in [1.82, 2.24) is 5.32 Å². The Morgan fingerprint density at radius 3 is 2.56 bits per heavy atom. The number of hydrogen-bond acceptors (Lipinski definition) is 1. The van der Waals surface area contributed by atoms with Gasteiger partial charge in [-0.05, 0) is 39.7 Å². The molecular formula is C14H21NO. The van der Waals surface area contributed by atoms with Crippen LogP contribution in [0.4, 0.5) is 0 Å². The highest BCUT2D eigenvalue weighted by Crippen LogP contribution is 2.07. The van der Waals surface area contributed by atoms with Gasteiger partial charge in [-0.25, -0.2) is 0 Å². The number of benzene rings is 1. The van der Waals surface area contributed by atoms with Gasteiger partial charge >= 0.3 is 0 Å². The average molecular weight is 219 g/mol. The minimum absolute atomic E-state index is 0.119. The summed E-state index contributed by atoms with van der Waals surface area (Å²) in [7, 11) is 0. The molecule has 0 aliphatic heterocycles. The summed E-state index contributed by atoms with van der Waals surface area (Å²) in [6, 6.07) is 8.30. The van der Waals surface area contributed by atoms with Crippen LogP contribution in [0.2, 0.25) is 0 Å². The van der Waals surface area contributed by atoms with Crippen molar-refractivity contribution in [2.75, 3.05) is 0 Å². The van der Waals surface area contributed by atoms with Gasteiger partial charge in [0, 0.05) is 12.0 Å². The topological polar surface area (TPSA) is 29.1 Å². The van der Waals surface area contributed by atoms with Crippen LogP contribution < -0.4 is 5.32 Å². The lowest BCUT2D eigenvalue weighted by atomic mass is 10.1. The fourth-order valence-electron chi connectivity index (χ4n) is 1.61. The highest BCUT2D eigenvalue weighted by atomic mass is 16.1. The zero-order chi connectivity index (χ0) is 12.2. The number of hydrogen-bond donors (Lipinski definition) is 1. The van der Waals surface area contributed by atoms with E-state index in [9.17, 15) is 4.79 Å². The van der Waals surface area contributed by atoms with Gasteiger partial charge in [-0.1, -0.05) is 29.8 Å². The molecule has 0 aromatic heterocycles. The Hall–Kier alpha value is -1.31. The first kappa shape index (κ1) is 12.8. The molecule has 2 heteroatoms. The molecule has 0 bridgehead atoms. The van der Waals surface area contributed by atoms with Crippen LogP contribution in [-0.2, 0) is 11.2 Å². The van der Waals surface area contributed by atoms with Crippen LogP contribution in [0.3, 0.4) is 0 Å². The van der Waals surface area contributed by atoms with Gasteiger partial charge in [0.15, 0.2) is 0 Å². The third-order valence-electron chi connectivity index (χ3n) is 2.24. The molecule has 0 heterocycles. The van der Waals surface area contributed by atoms with Gasteiger partial charge < -0.3 is 5.32 Å². The first-order chi connectivity index (χ1) is 7.37. The van der Waals surface area contributed by atoms with Crippen LogP contribution in [0, 0.1) is 6.92 Å². The van der Waals surface area contributed by atoms with E-state index in [1.807, 2.05) is 26.8 Å². The molecule has 0 fully saturated rings. The van der Waals surface area contributed by atoms with Gasteiger partial charge in [0.2, 0.25) is 5.91 Å². The van der Waals surface area contributed by atoms with Crippen molar-refractivity contribution >= 4 is 5.91 Å². The molecule has 0 saturated heterocycles. The van der Waals surface area contributed by atoms with Crippen LogP contribution >= 0.6 is 0 Å². The molecule has 16 heavy (non-hydrogen) atoms. The van der Waals surface area contributed by atoms with Crippen LogP contribution in [-0.4, -0.2) is 11.4 Å². The fourth-order valence-corrected chi connectivity index (χ4v) is 1.61. The van der Waals surface area contributed by atoms with Gasteiger partial charge in [0.25, 0.3) is 0 Å². The summed E-state index contributed by atoms with van der Waals surface area (Å²) >= 11 is 0. The van der Waals surface area contributed by atoms with Crippen molar-refractivity contribution in [3.63, 3.8) is 0 Å². The third-order valence-corrected chi connectivity index (χ3v) is 2.24. The van der Waals surface area contributed by atoms with E-state index in [0.29, 0.717) is 6.42 Å². The Labute approximate surface area is 98.1 Å². The number of carbonyl (C=O) groups is 1. The summed E-state index contributed by atoms with van der Waals surface area (Å²) in [5.74, 6) is 0.119. The predicted octanol–water partition coefficient (Wildman–Crippen LogP) is 2.84. The van der Waals surface area contributed by atoms with Gasteiger partial charge in [0.1, 0.15) is 0 Å². The maximum absolute atomic E-state index is 11.6. The Bertz CT molecular complexity index is 363. The molecule has 1 aromatic carbocycles. The normalized spacial score (nSPS) is 11.2. The summed E-state index contributed by atoms with van der Waals surface area (Å²) in [4.78, 5) is 11.6. The second-order valence-electron chi connectivity index (χ2n) is 5.29. The molecule has 0 unspecified atom stereocenters. The molecule has 1 aromatic rings. The molecule has 0 radical (unpaired) electrons. The van der Waals surface area contributed by atoms with Crippen LogP contribution in [0.5, 0.6) is 0 Å². The zero-order valence-corrected chi connectivity index (χ0v) is 10.6. The molecule has 0 spiro atoms. The minimum Gasteiger partial charge on any atom is -0.351 e. The minimum atomic E-state index is -0.135. The highest BCUT2D eigenvalue weighted by molar-refractivity contribution is 5.76. The van der Waals surface area contributed by atoms with E-state index in [0.717, 1.165) is 6.42 Å². The molecule has 0 atom stereocenters.